The van der Waals surface area contributed by atoms with Crippen LogP contribution in [-0.2, 0) is 9.47 Å². The van der Waals surface area contributed by atoms with Crippen molar-refractivity contribution in [3.63, 3.8) is 0 Å². The van der Waals surface area contributed by atoms with Crippen LogP contribution in [0, 0.1) is 11.8 Å². The van der Waals surface area contributed by atoms with Gasteiger partial charge < -0.3 is 14.8 Å². The van der Waals surface area contributed by atoms with Crippen LogP contribution in [0.15, 0.2) is 0 Å². The first-order valence-corrected chi connectivity index (χ1v) is 8.14. The Morgan fingerprint density at radius 2 is 1.95 bits per heavy atom. The highest BCUT2D eigenvalue weighted by atomic mass is 16.5. The van der Waals surface area contributed by atoms with E-state index < -0.39 is 0 Å². The second kappa shape index (κ2) is 9.72. The Bertz CT molecular complexity index is 249. The maximum atomic E-state index is 5.64. The summed E-state index contributed by atoms with van der Waals surface area (Å²) in [5, 5.41) is 3.74. The first kappa shape index (κ1) is 17.9. The molecule has 0 aromatic carbocycles. The van der Waals surface area contributed by atoms with E-state index in [1.165, 1.54) is 6.42 Å². The zero-order chi connectivity index (χ0) is 15.0. The molecule has 0 spiro atoms. The molecule has 1 N–H and O–H groups in total. The molecule has 1 heterocycles. The quantitative estimate of drug-likeness (QED) is 0.657. The van der Waals surface area contributed by atoms with E-state index in [2.05, 4.69) is 37.9 Å². The van der Waals surface area contributed by atoms with Crippen LogP contribution >= 0.6 is 0 Å². The number of methoxy groups -OCH3 is 1. The van der Waals surface area contributed by atoms with Crippen LogP contribution < -0.4 is 5.32 Å². The third kappa shape index (κ3) is 5.68. The second-order valence-electron chi connectivity index (χ2n) is 6.31. The molecule has 0 aliphatic carbocycles. The van der Waals surface area contributed by atoms with Crippen molar-refractivity contribution in [2.24, 2.45) is 11.8 Å². The summed E-state index contributed by atoms with van der Waals surface area (Å²) in [6, 6.07) is 1.25. The molecule has 4 heteroatoms. The van der Waals surface area contributed by atoms with Crippen molar-refractivity contribution in [3.8, 4) is 0 Å². The molecule has 0 aromatic heterocycles. The molecule has 0 radical (unpaired) electrons. The Labute approximate surface area is 125 Å². The van der Waals surface area contributed by atoms with Crippen molar-refractivity contribution >= 4 is 0 Å². The van der Waals surface area contributed by atoms with Crippen molar-refractivity contribution in [2.45, 2.75) is 46.2 Å². The molecule has 4 nitrogen and oxygen atoms in total. The van der Waals surface area contributed by atoms with E-state index in [1.54, 1.807) is 7.11 Å². The topological polar surface area (TPSA) is 33.7 Å². The minimum atomic E-state index is 0.619. The van der Waals surface area contributed by atoms with Crippen LogP contribution in [0.5, 0.6) is 0 Å². The van der Waals surface area contributed by atoms with Gasteiger partial charge in [-0.25, -0.2) is 0 Å². The average molecular weight is 286 g/mol. The summed E-state index contributed by atoms with van der Waals surface area (Å²) in [4.78, 5) is 2.62. The molecule has 1 aliphatic rings. The number of hydrogen-bond donors (Lipinski definition) is 1. The standard InChI is InChI=1S/C16H34N2O2/c1-6-14(4)15-12-18(7-8-20-10-9-19-5)16(11-17-15)13(2)3/h13-17H,6-12H2,1-5H3. The van der Waals surface area contributed by atoms with Gasteiger partial charge in [0.15, 0.2) is 0 Å². The highest BCUT2D eigenvalue weighted by Gasteiger charge is 2.31. The fraction of sp³-hybridized carbons (Fsp3) is 1.00. The van der Waals surface area contributed by atoms with Gasteiger partial charge >= 0.3 is 0 Å². The summed E-state index contributed by atoms with van der Waals surface area (Å²) >= 11 is 0. The van der Waals surface area contributed by atoms with Gasteiger partial charge in [-0.1, -0.05) is 34.1 Å². The van der Waals surface area contributed by atoms with Gasteiger partial charge in [0, 0.05) is 38.8 Å². The lowest BCUT2D eigenvalue weighted by Crippen LogP contribution is -2.60. The molecule has 1 fully saturated rings. The number of hydrogen-bond acceptors (Lipinski definition) is 4. The van der Waals surface area contributed by atoms with Crippen LogP contribution in [0.3, 0.4) is 0 Å². The molecule has 1 aliphatic heterocycles. The van der Waals surface area contributed by atoms with Gasteiger partial charge in [0.1, 0.15) is 0 Å². The van der Waals surface area contributed by atoms with Crippen molar-refractivity contribution in [1.82, 2.24) is 10.2 Å². The molecular weight excluding hydrogens is 252 g/mol. The lowest BCUT2D eigenvalue weighted by Gasteiger charge is -2.44. The average Bonchev–Trinajstić information content (AvgIpc) is 2.45. The molecular formula is C16H34N2O2. The summed E-state index contributed by atoms with van der Waals surface area (Å²) in [7, 11) is 1.71. The van der Waals surface area contributed by atoms with E-state index in [0.29, 0.717) is 31.2 Å². The summed E-state index contributed by atoms with van der Waals surface area (Å²) in [5.41, 5.74) is 0. The Kier molecular flexibility index (Phi) is 8.69. The lowest BCUT2D eigenvalue weighted by atomic mass is 9.92. The number of piperazine rings is 1. The van der Waals surface area contributed by atoms with E-state index in [4.69, 9.17) is 9.47 Å². The SMILES string of the molecule is CCC(C)C1CN(CCOCCOC)C(C(C)C)CN1. The maximum Gasteiger partial charge on any atom is 0.0700 e. The largest absolute Gasteiger partial charge is 0.382 e. The number of rotatable bonds is 9. The van der Waals surface area contributed by atoms with Crippen LogP contribution in [-0.4, -0.2) is 63.5 Å². The third-order valence-corrected chi connectivity index (χ3v) is 4.54. The Morgan fingerprint density at radius 1 is 1.20 bits per heavy atom. The van der Waals surface area contributed by atoms with E-state index in [-0.39, 0.29) is 0 Å². The number of ether oxygens (including phenoxy) is 2. The van der Waals surface area contributed by atoms with Crippen molar-refractivity contribution in [3.05, 3.63) is 0 Å². The van der Waals surface area contributed by atoms with E-state index in [0.717, 1.165) is 32.2 Å². The molecule has 1 rings (SSSR count). The Hall–Kier alpha value is -0.160. The van der Waals surface area contributed by atoms with Gasteiger partial charge in [0.2, 0.25) is 0 Å². The second-order valence-corrected chi connectivity index (χ2v) is 6.31. The maximum absolute atomic E-state index is 5.64. The van der Waals surface area contributed by atoms with Crippen LogP contribution in [0.25, 0.3) is 0 Å². The highest BCUT2D eigenvalue weighted by Crippen LogP contribution is 2.19. The smallest absolute Gasteiger partial charge is 0.0700 e. The Morgan fingerprint density at radius 3 is 2.55 bits per heavy atom. The summed E-state index contributed by atoms with van der Waals surface area (Å²) in [6.07, 6.45) is 1.24. The molecule has 3 atom stereocenters. The fourth-order valence-corrected chi connectivity index (χ4v) is 2.86. The summed E-state index contributed by atoms with van der Waals surface area (Å²) < 4.78 is 10.6. The number of nitrogens with zero attached hydrogens (tertiary/aromatic N) is 1. The van der Waals surface area contributed by atoms with Gasteiger partial charge in [0.05, 0.1) is 19.8 Å². The van der Waals surface area contributed by atoms with Gasteiger partial charge in [-0.2, -0.15) is 0 Å². The number of nitrogens with one attached hydrogen (secondary N) is 1. The zero-order valence-electron chi connectivity index (χ0n) is 14.0. The van der Waals surface area contributed by atoms with Crippen LogP contribution in [0.4, 0.5) is 0 Å². The Balaban J connectivity index is 2.42. The normalized spacial score (nSPS) is 26.1. The van der Waals surface area contributed by atoms with Crippen LogP contribution in [0.2, 0.25) is 0 Å². The summed E-state index contributed by atoms with van der Waals surface area (Å²) in [5.74, 6) is 1.42. The van der Waals surface area contributed by atoms with Gasteiger partial charge in [0.25, 0.3) is 0 Å². The minimum absolute atomic E-state index is 0.619. The predicted molar refractivity (Wildman–Crippen MR) is 84.1 cm³/mol. The first-order chi connectivity index (χ1) is 9.60. The monoisotopic (exact) mass is 286 g/mol. The third-order valence-electron chi connectivity index (χ3n) is 4.54. The highest BCUT2D eigenvalue weighted by molar-refractivity contribution is 4.89. The predicted octanol–water partition coefficient (Wildman–Crippen LogP) is 1.99. The van der Waals surface area contributed by atoms with E-state index in [1.807, 2.05) is 0 Å². The van der Waals surface area contributed by atoms with E-state index in [9.17, 15) is 0 Å². The van der Waals surface area contributed by atoms with E-state index >= 15 is 0 Å². The van der Waals surface area contributed by atoms with Crippen molar-refractivity contribution in [1.29, 1.82) is 0 Å². The first-order valence-electron chi connectivity index (χ1n) is 8.14. The van der Waals surface area contributed by atoms with Crippen molar-refractivity contribution < 1.29 is 9.47 Å². The molecule has 20 heavy (non-hydrogen) atoms. The zero-order valence-corrected chi connectivity index (χ0v) is 14.0. The van der Waals surface area contributed by atoms with Crippen molar-refractivity contribution in [2.75, 3.05) is 46.6 Å². The van der Waals surface area contributed by atoms with Gasteiger partial charge in [-0.15, -0.1) is 0 Å². The molecule has 120 valence electrons. The molecule has 0 aromatic rings. The lowest BCUT2D eigenvalue weighted by molar-refractivity contribution is 0.0257. The van der Waals surface area contributed by atoms with Gasteiger partial charge in [-0.05, 0) is 11.8 Å². The van der Waals surface area contributed by atoms with Gasteiger partial charge in [-0.3, -0.25) is 4.90 Å². The molecule has 1 saturated heterocycles. The molecule has 0 saturated carbocycles. The molecule has 3 unspecified atom stereocenters. The van der Waals surface area contributed by atoms with Crippen LogP contribution in [0.1, 0.15) is 34.1 Å². The summed E-state index contributed by atoms with van der Waals surface area (Å²) in [6.45, 7) is 14.7. The fourth-order valence-electron chi connectivity index (χ4n) is 2.86. The minimum Gasteiger partial charge on any atom is -0.382 e. The molecule has 0 bridgehead atoms. The molecule has 0 amide bonds.